The van der Waals surface area contributed by atoms with Crippen molar-refractivity contribution in [2.24, 2.45) is 0 Å². The number of fused-ring (bicyclic) bond motifs is 1. The fourth-order valence-corrected chi connectivity index (χ4v) is 3.02. The smallest absolute Gasteiger partial charge is 0.124 e. The molecule has 0 fully saturated rings. The lowest BCUT2D eigenvalue weighted by molar-refractivity contribution is 0.415. The zero-order valence-electron chi connectivity index (χ0n) is 10.2. The van der Waals surface area contributed by atoms with Crippen molar-refractivity contribution in [3.8, 4) is 16.3 Å². The van der Waals surface area contributed by atoms with Crippen LogP contribution in [0.25, 0.3) is 20.8 Å². The summed E-state index contributed by atoms with van der Waals surface area (Å²) in [6.07, 6.45) is 0. The lowest BCUT2D eigenvalue weighted by Crippen LogP contribution is -1.89. The highest BCUT2D eigenvalue weighted by molar-refractivity contribution is 7.21. The molecule has 3 aromatic rings. The van der Waals surface area contributed by atoms with E-state index in [9.17, 15) is 0 Å². The van der Waals surface area contributed by atoms with Crippen LogP contribution in [0.15, 0.2) is 36.4 Å². The highest BCUT2D eigenvalue weighted by atomic mass is 35.5. The predicted octanol–water partition coefficient (Wildman–Crippen LogP) is 4.21. The normalized spacial score (nSPS) is 10.8. The third kappa shape index (κ3) is 2.25. The minimum absolute atomic E-state index is 0.630. The number of hydrogen-bond donors (Lipinski definition) is 1. The molecule has 0 aliphatic carbocycles. The van der Waals surface area contributed by atoms with Gasteiger partial charge in [0, 0.05) is 16.7 Å². The maximum Gasteiger partial charge on any atom is 0.124 e. The van der Waals surface area contributed by atoms with Gasteiger partial charge in [-0.25, -0.2) is 4.98 Å². The molecule has 0 aliphatic heterocycles. The fraction of sp³-hybridized carbons (Fsp3) is 0.0714. The van der Waals surface area contributed by atoms with Crippen LogP contribution in [-0.4, -0.2) is 12.1 Å². The second-order valence-corrected chi connectivity index (χ2v) is 5.56. The van der Waals surface area contributed by atoms with E-state index in [1.807, 2.05) is 30.3 Å². The molecule has 5 heteroatoms. The SMILES string of the molecule is COc1cc(N)c2nc(-c3ccc(Cl)cc3)sc2c1. The first-order valence-corrected chi connectivity index (χ1v) is 6.87. The number of nitrogens with zero attached hydrogens (tertiary/aromatic N) is 1. The molecule has 19 heavy (non-hydrogen) atoms. The number of ether oxygens (including phenoxy) is 1. The molecule has 1 aromatic heterocycles. The summed E-state index contributed by atoms with van der Waals surface area (Å²) in [6, 6.07) is 11.3. The van der Waals surface area contributed by atoms with Gasteiger partial charge in [0.05, 0.1) is 17.5 Å². The summed E-state index contributed by atoms with van der Waals surface area (Å²) in [4.78, 5) is 4.58. The van der Waals surface area contributed by atoms with Crippen LogP contribution in [0, 0.1) is 0 Å². The quantitative estimate of drug-likeness (QED) is 0.719. The van der Waals surface area contributed by atoms with Gasteiger partial charge < -0.3 is 10.5 Å². The van der Waals surface area contributed by atoms with E-state index in [1.54, 1.807) is 24.5 Å². The van der Waals surface area contributed by atoms with Crippen molar-refractivity contribution >= 4 is 38.8 Å². The van der Waals surface area contributed by atoms with Gasteiger partial charge in [-0.05, 0) is 18.2 Å². The number of methoxy groups -OCH3 is 1. The van der Waals surface area contributed by atoms with Gasteiger partial charge >= 0.3 is 0 Å². The summed E-state index contributed by atoms with van der Waals surface area (Å²) in [6.45, 7) is 0. The summed E-state index contributed by atoms with van der Waals surface area (Å²) in [5.74, 6) is 0.747. The van der Waals surface area contributed by atoms with Crippen molar-refractivity contribution in [3.05, 3.63) is 41.4 Å². The van der Waals surface area contributed by atoms with Crippen LogP contribution in [0.4, 0.5) is 5.69 Å². The van der Waals surface area contributed by atoms with Gasteiger partial charge in [0.1, 0.15) is 16.3 Å². The van der Waals surface area contributed by atoms with Gasteiger partial charge in [0.2, 0.25) is 0 Å². The summed E-state index contributed by atoms with van der Waals surface area (Å²) in [7, 11) is 1.63. The van der Waals surface area contributed by atoms with E-state index in [0.29, 0.717) is 10.7 Å². The van der Waals surface area contributed by atoms with Crippen LogP contribution >= 0.6 is 22.9 Å². The lowest BCUT2D eigenvalue weighted by Gasteiger charge is -2.00. The monoisotopic (exact) mass is 290 g/mol. The van der Waals surface area contributed by atoms with Crippen molar-refractivity contribution in [3.63, 3.8) is 0 Å². The molecule has 0 amide bonds. The minimum atomic E-state index is 0.630. The van der Waals surface area contributed by atoms with Gasteiger partial charge in [-0.3, -0.25) is 0 Å². The predicted molar refractivity (Wildman–Crippen MR) is 81.0 cm³/mol. The van der Waals surface area contributed by atoms with E-state index in [-0.39, 0.29) is 0 Å². The van der Waals surface area contributed by atoms with Gasteiger partial charge in [-0.1, -0.05) is 23.7 Å². The zero-order chi connectivity index (χ0) is 13.4. The molecule has 3 nitrogen and oxygen atoms in total. The number of benzene rings is 2. The second kappa shape index (κ2) is 4.72. The number of nitrogens with two attached hydrogens (primary N) is 1. The third-order valence-corrected chi connectivity index (χ3v) is 4.13. The van der Waals surface area contributed by atoms with Gasteiger partial charge in [-0.15, -0.1) is 11.3 Å². The first kappa shape index (κ1) is 12.3. The van der Waals surface area contributed by atoms with Crippen molar-refractivity contribution in [2.75, 3.05) is 12.8 Å². The number of halogens is 1. The molecular weight excluding hydrogens is 280 g/mol. The van der Waals surface area contributed by atoms with Crippen LogP contribution in [0.1, 0.15) is 0 Å². The first-order chi connectivity index (χ1) is 9.17. The Balaban J connectivity index is 2.16. The zero-order valence-corrected chi connectivity index (χ0v) is 11.8. The topological polar surface area (TPSA) is 48.1 Å². The Kier molecular flexibility index (Phi) is 3.05. The molecule has 0 saturated heterocycles. The lowest BCUT2D eigenvalue weighted by atomic mass is 10.2. The Bertz CT molecular complexity index is 737. The maximum atomic E-state index is 5.99. The van der Waals surface area contributed by atoms with Crippen LogP contribution in [-0.2, 0) is 0 Å². The van der Waals surface area contributed by atoms with E-state index in [0.717, 1.165) is 26.5 Å². The number of anilines is 1. The summed E-state index contributed by atoms with van der Waals surface area (Å²) in [5, 5.41) is 1.64. The van der Waals surface area contributed by atoms with Crippen LogP contribution in [0.3, 0.4) is 0 Å². The van der Waals surface area contributed by atoms with Gasteiger partial charge in [0.15, 0.2) is 0 Å². The van der Waals surface area contributed by atoms with Gasteiger partial charge in [-0.2, -0.15) is 0 Å². The molecule has 0 unspecified atom stereocenters. The summed E-state index contributed by atoms with van der Waals surface area (Å²) < 4.78 is 6.23. The van der Waals surface area contributed by atoms with Crippen molar-refractivity contribution < 1.29 is 4.74 Å². The number of hydrogen-bond acceptors (Lipinski definition) is 4. The van der Waals surface area contributed by atoms with E-state index >= 15 is 0 Å². The molecule has 0 radical (unpaired) electrons. The van der Waals surface area contributed by atoms with E-state index in [4.69, 9.17) is 22.1 Å². The molecule has 2 aromatic carbocycles. The molecule has 0 bridgehead atoms. The van der Waals surface area contributed by atoms with Crippen LogP contribution in [0.2, 0.25) is 5.02 Å². The largest absolute Gasteiger partial charge is 0.497 e. The Morgan fingerprint density at radius 3 is 2.63 bits per heavy atom. The number of nitrogen functional groups attached to an aromatic ring is 1. The highest BCUT2D eigenvalue weighted by Crippen LogP contribution is 2.35. The number of thiazole rings is 1. The Hall–Kier alpha value is -1.78. The van der Waals surface area contributed by atoms with Crippen LogP contribution < -0.4 is 10.5 Å². The molecule has 0 saturated carbocycles. The summed E-state index contributed by atoms with van der Waals surface area (Å²) in [5.41, 5.74) is 8.47. The molecule has 1 heterocycles. The van der Waals surface area contributed by atoms with Crippen molar-refractivity contribution in [1.29, 1.82) is 0 Å². The maximum absolute atomic E-state index is 5.99. The average molecular weight is 291 g/mol. The Morgan fingerprint density at radius 2 is 1.95 bits per heavy atom. The van der Waals surface area contributed by atoms with E-state index in [2.05, 4.69) is 4.98 Å². The molecule has 0 aliphatic rings. The second-order valence-electron chi connectivity index (χ2n) is 4.09. The minimum Gasteiger partial charge on any atom is -0.497 e. The van der Waals surface area contributed by atoms with E-state index < -0.39 is 0 Å². The molecule has 3 rings (SSSR count). The number of rotatable bonds is 2. The molecule has 2 N–H and O–H groups in total. The third-order valence-electron chi connectivity index (χ3n) is 2.82. The molecular formula is C14H11ClN2OS. The van der Waals surface area contributed by atoms with Crippen LogP contribution in [0.5, 0.6) is 5.75 Å². The first-order valence-electron chi connectivity index (χ1n) is 5.67. The summed E-state index contributed by atoms with van der Waals surface area (Å²) >= 11 is 7.47. The fourth-order valence-electron chi connectivity index (χ4n) is 1.86. The Morgan fingerprint density at radius 1 is 1.21 bits per heavy atom. The highest BCUT2D eigenvalue weighted by Gasteiger charge is 2.10. The molecule has 96 valence electrons. The van der Waals surface area contributed by atoms with Gasteiger partial charge in [0.25, 0.3) is 0 Å². The molecule has 0 spiro atoms. The number of aromatic nitrogens is 1. The average Bonchev–Trinajstić information content (AvgIpc) is 2.84. The molecule has 0 atom stereocenters. The Labute approximate surface area is 119 Å². The standard InChI is InChI=1S/C14H11ClN2OS/c1-18-10-6-11(16)13-12(7-10)19-14(17-13)8-2-4-9(15)5-3-8/h2-7H,16H2,1H3. The van der Waals surface area contributed by atoms with Crippen molar-refractivity contribution in [1.82, 2.24) is 4.98 Å². The van der Waals surface area contributed by atoms with E-state index in [1.165, 1.54) is 0 Å². The van der Waals surface area contributed by atoms with Crippen molar-refractivity contribution in [2.45, 2.75) is 0 Å².